The molecule has 1 aromatic carbocycles. The van der Waals surface area contributed by atoms with Crippen molar-refractivity contribution in [3.63, 3.8) is 0 Å². The topological polar surface area (TPSA) is 49.3 Å². The molecule has 5 heteroatoms. The number of nitrogens with one attached hydrogen (secondary N) is 1. The zero-order valence-electron chi connectivity index (χ0n) is 9.83. The number of halogens is 2. The molecule has 0 saturated heterocycles. The summed E-state index contributed by atoms with van der Waals surface area (Å²) in [5, 5.41) is 12.9. The van der Waals surface area contributed by atoms with Crippen LogP contribution in [0.5, 0.6) is 5.75 Å². The highest BCUT2D eigenvalue weighted by molar-refractivity contribution is 14.1. The van der Waals surface area contributed by atoms with Crippen LogP contribution in [0.2, 0.25) is 0 Å². The van der Waals surface area contributed by atoms with Crippen LogP contribution in [0, 0.1) is 3.57 Å². The second kappa shape index (κ2) is 6.10. The number of carbonyl (C=O) groups is 1. The van der Waals surface area contributed by atoms with Gasteiger partial charge in [-0.25, -0.2) is 0 Å². The first-order valence-electron chi connectivity index (χ1n) is 5.99. The SMILES string of the molecule is O=C(NC1CCC(Cl)CC1)c1cc(I)ccc1O. The molecule has 2 N–H and O–H groups in total. The highest BCUT2D eigenvalue weighted by atomic mass is 127. The first-order chi connectivity index (χ1) is 8.56. The van der Waals surface area contributed by atoms with Gasteiger partial charge in [-0.1, -0.05) is 0 Å². The van der Waals surface area contributed by atoms with E-state index in [1.165, 1.54) is 0 Å². The number of amides is 1. The number of aromatic hydroxyl groups is 1. The lowest BCUT2D eigenvalue weighted by Crippen LogP contribution is -2.37. The lowest BCUT2D eigenvalue weighted by molar-refractivity contribution is 0.0925. The molecule has 1 aliphatic rings. The van der Waals surface area contributed by atoms with Crippen molar-refractivity contribution in [2.45, 2.75) is 37.1 Å². The molecule has 2 rings (SSSR count). The van der Waals surface area contributed by atoms with Gasteiger partial charge >= 0.3 is 0 Å². The average molecular weight is 380 g/mol. The van der Waals surface area contributed by atoms with Gasteiger partial charge in [0.25, 0.3) is 5.91 Å². The van der Waals surface area contributed by atoms with Gasteiger partial charge in [0, 0.05) is 15.0 Å². The third-order valence-electron chi connectivity index (χ3n) is 3.20. The number of benzene rings is 1. The number of hydrogen-bond acceptors (Lipinski definition) is 2. The molecule has 0 aliphatic heterocycles. The van der Waals surface area contributed by atoms with Crippen LogP contribution in [-0.4, -0.2) is 22.4 Å². The summed E-state index contributed by atoms with van der Waals surface area (Å²) in [6, 6.07) is 5.18. The summed E-state index contributed by atoms with van der Waals surface area (Å²) < 4.78 is 0.931. The summed E-state index contributed by atoms with van der Waals surface area (Å²) in [5.41, 5.74) is 0.342. The lowest BCUT2D eigenvalue weighted by atomic mass is 9.95. The van der Waals surface area contributed by atoms with Crippen LogP contribution in [0.15, 0.2) is 18.2 Å². The summed E-state index contributed by atoms with van der Waals surface area (Å²) in [5.74, 6) is -0.178. The van der Waals surface area contributed by atoms with E-state index in [4.69, 9.17) is 11.6 Å². The third-order valence-corrected chi connectivity index (χ3v) is 4.30. The molecule has 0 bridgehead atoms. The Morgan fingerprint density at radius 2 is 2.00 bits per heavy atom. The van der Waals surface area contributed by atoms with Crippen LogP contribution in [0.25, 0.3) is 0 Å². The average Bonchev–Trinajstić information content (AvgIpc) is 2.35. The quantitative estimate of drug-likeness (QED) is 0.612. The van der Waals surface area contributed by atoms with E-state index < -0.39 is 0 Å². The molecule has 1 aliphatic carbocycles. The van der Waals surface area contributed by atoms with Crippen LogP contribution in [0.1, 0.15) is 36.0 Å². The fraction of sp³-hybridized carbons (Fsp3) is 0.462. The maximum absolute atomic E-state index is 12.1. The molecule has 0 aromatic heterocycles. The van der Waals surface area contributed by atoms with E-state index in [1.54, 1.807) is 18.2 Å². The standard InChI is InChI=1S/C13H15ClINO2/c14-8-1-4-10(5-2-8)16-13(18)11-7-9(15)3-6-12(11)17/h3,6-8,10,17H,1-2,4-5H2,(H,16,18). The number of alkyl halides is 1. The second-order valence-electron chi connectivity index (χ2n) is 4.58. The number of phenols is 1. The number of carbonyl (C=O) groups excluding carboxylic acids is 1. The monoisotopic (exact) mass is 379 g/mol. The Hall–Kier alpha value is -0.490. The predicted octanol–water partition coefficient (Wildman–Crippen LogP) is 3.28. The van der Waals surface area contributed by atoms with Gasteiger partial charge in [0.15, 0.2) is 0 Å². The Morgan fingerprint density at radius 3 is 2.67 bits per heavy atom. The Kier molecular flexibility index (Phi) is 4.72. The molecule has 98 valence electrons. The minimum absolute atomic E-state index is 0.0268. The summed E-state index contributed by atoms with van der Waals surface area (Å²) in [6.45, 7) is 0. The molecule has 1 fully saturated rings. The molecule has 1 saturated carbocycles. The van der Waals surface area contributed by atoms with Crippen molar-refractivity contribution in [1.82, 2.24) is 5.32 Å². The summed E-state index contributed by atoms with van der Waals surface area (Å²) in [4.78, 5) is 12.1. The Labute approximate surface area is 125 Å². The molecule has 1 amide bonds. The van der Waals surface area contributed by atoms with Gasteiger partial charge in [0.1, 0.15) is 5.75 Å². The molecule has 0 atom stereocenters. The minimum Gasteiger partial charge on any atom is -0.507 e. The van der Waals surface area contributed by atoms with Gasteiger partial charge in [0.05, 0.1) is 5.56 Å². The molecule has 0 heterocycles. The van der Waals surface area contributed by atoms with Crippen molar-refractivity contribution in [2.75, 3.05) is 0 Å². The summed E-state index contributed by atoms with van der Waals surface area (Å²) in [7, 11) is 0. The Bertz CT molecular complexity index is 445. The molecule has 0 unspecified atom stereocenters. The summed E-state index contributed by atoms with van der Waals surface area (Å²) >= 11 is 8.15. The van der Waals surface area contributed by atoms with Gasteiger partial charge in [-0.2, -0.15) is 0 Å². The van der Waals surface area contributed by atoms with Crippen LogP contribution in [-0.2, 0) is 0 Å². The zero-order chi connectivity index (χ0) is 13.1. The van der Waals surface area contributed by atoms with Gasteiger partial charge in [-0.05, 0) is 66.5 Å². The Morgan fingerprint density at radius 1 is 1.33 bits per heavy atom. The number of rotatable bonds is 2. The predicted molar refractivity (Wildman–Crippen MR) is 80.2 cm³/mol. The van der Waals surface area contributed by atoms with Crippen molar-refractivity contribution in [2.24, 2.45) is 0 Å². The smallest absolute Gasteiger partial charge is 0.255 e. The van der Waals surface area contributed by atoms with Gasteiger partial charge in [0.2, 0.25) is 0 Å². The molecule has 1 aromatic rings. The van der Waals surface area contributed by atoms with E-state index in [1.807, 2.05) is 0 Å². The van der Waals surface area contributed by atoms with Gasteiger partial charge in [-0.3, -0.25) is 4.79 Å². The van der Waals surface area contributed by atoms with Crippen molar-refractivity contribution in [1.29, 1.82) is 0 Å². The zero-order valence-corrected chi connectivity index (χ0v) is 12.7. The third kappa shape index (κ3) is 3.51. The maximum atomic E-state index is 12.1. The fourth-order valence-corrected chi connectivity index (χ4v) is 2.89. The van der Waals surface area contributed by atoms with Gasteiger partial charge in [-0.15, -0.1) is 11.6 Å². The first kappa shape index (κ1) is 13.9. The highest BCUT2D eigenvalue weighted by Crippen LogP contribution is 2.24. The van der Waals surface area contributed by atoms with Crippen molar-refractivity contribution >= 4 is 40.1 Å². The number of phenolic OH excluding ortho intramolecular Hbond substituents is 1. The Balaban J connectivity index is 2.01. The summed E-state index contributed by atoms with van der Waals surface area (Å²) in [6.07, 6.45) is 3.69. The van der Waals surface area contributed by atoms with Crippen molar-refractivity contribution in [3.05, 3.63) is 27.3 Å². The molecule has 0 radical (unpaired) electrons. The van der Waals surface area contributed by atoms with Crippen molar-refractivity contribution < 1.29 is 9.90 Å². The lowest BCUT2D eigenvalue weighted by Gasteiger charge is -2.25. The molecular weight excluding hydrogens is 365 g/mol. The van der Waals surface area contributed by atoms with Crippen LogP contribution < -0.4 is 5.32 Å². The van der Waals surface area contributed by atoms with Crippen LogP contribution >= 0.6 is 34.2 Å². The number of hydrogen-bond donors (Lipinski definition) is 2. The van der Waals surface area contributed by atoms with Crippen molar-refractivity contribution in [3.8, 4) is 5.75 Å². The first-order valence-corrected chi connectivity index (χ1v) is 7.51. The van der Waals surface area contributed by atoms with E-state index in [0.717, 1.165) is 29.3 Å². The maximum Gasteiger partial charge on any atom is 0.255 e. The van der Waals surface area contributed by atoms with E-state index in [2.05, 4.69) is 27.9 Å². The molecule has 3 nitrogen and oxygen atoms in total. The van der Waals surface area contributed by atoms with E-state index >= 15 is 0 Å². The van der Waals surface area contributed by atoms with Crippen LogP contribution in [0.3, 0.4) is 0 Å². The molecule has 0 spiro atoms. The normalized spacial score (nSPS) is 23.7. The van der Waals surface area contributed by atoms with Gasteiger partial charge < -0.3 is 10.4 Å². The molecular formula is C13H15ClINO2. The minimum atomic E-state index is -0.205. The van der Waals surface area contributed by atoms with Crippen LogP contribution in [0.4, 0.5) is 0 Å². The van der Waals surface area contributed by atoms with E-state index in [0.29, 0.717) is 5.56 Å². The fourth-order valence-electron chi connectivity index (χ4n) is 2.15. The second-order valence-corrected chi connectivity index (χ2v) is 6.45. The molecule has 18 heavy (non-hydrogen) atoms. The largest absolute Gasteiger partial charge is 0.507 e. The van der Waals surface area contributed by atoms with E-state index in [-0.39, 0.29) is 23.1 Å². The van der Waals surface area contributed by atoms with E-state index in [9.17, 15) is 9.90 Å². The highest BCUT2D eigenvalue weighted by Gasteiger charge is 2.22.